The molecule has 0 aliphatic heterocycles. The molecule has 0 spiro atoms. The molecule has 0 heterocycles. The second kappa shape index (κ2) is 6.24. The Morgan fingerprint density at radius 3 is 2.33 bits per heavy atom. The van der Waals surface area contributed by atoms with E-state index in [1.165, 1.54) is 0 Å². The van der Waals surface area contributed by atoms with Crippen LogP contribution < -0.4 is 61.6 Å². The molecule has 0 aliphatic rings. The summed E-state index contributed by atoms with van der Waals surface area (Å²) in [7, 11) is 0. The largest absolute Gasteiger partial charge is 1.00 e. The molecule has 1 nitrogen and oxygen atoms in total. The first-order valence-corrected chi connectivity index (χ1v) is 4.07. The van der Waals surface area contributed by atoms with Crippen LogP contribution in [0.1, 0.15) is 6.92 Å². The average molecular weight is 246 g/mol. The third-order valence-electron chi connectivity index (χ3n) is 1.63. The van der Waals surface area contributed by atoms with Crippen molar-refractivity contribution in [3.05, 3.63) is 24.0 Å². The van der Waals surface area contributed by atoms with Gasteiger partial charge in [-0.1, -0.05) is 6.07 Å². The van der Waals surface area contributed by atoms with Crippen LogP contribution in [0.4, 0.5) is 17.3 Å². The van der Waals surface area contributed by atoms with Crippen molar-refractivity contribution in [2.75, 3.05) is 6.61 Å². The molecule has 0 unspecified atom stereocenters. The van der Waals surface area contributed by atoms with E-state index in [2.05, 4.69) is 0 Å². The van der Waals surface area contributed by atoms with E-state index in [1.54, 1.807) is 6.92 Å². The SMILES string of the molecule is CCOc1cc([B-](F)(F)F)ccc1F.[K+]. The van der Waals surface area contributed by atoms with E-state index in [0.717, 1.165) is 6.07 Å². The molecule has 0 saturated heterocycles. The number of rotatable bonds is 3. The molecule has 0 N–H and O–H groups in total. The monoisotopic (exact) mass is 246 g/mol. The number of halogens is 4. The molecule has 1 aromatic rings. The van der Waals surface area contributed by atoms with Gasteiger partial charge in [-0.15, -0.1) is 5.46 Å². The van der Waals surface area contributed by atoms with E-state index in [1.807, 2.05) is 0 Å². The van der Waals surface area contributed by atoms with Gasteiger partial charge in [-0.05, 0) is 19.1 Å². The maximum atomic E-state index is 12.9. The zero-order valence-corrected chi connectivity index (χ0v) is 11.6. The van der Waals surface area contributed by atoms with Crippen LogP contribution in [-0.4, -0.2) is 13.6 Å². The Kier molecular flexibility index (Phi) is 6.43. The molecule has 7 heteroatoms. The maximum absolute atomic E-state index is 12.9. The minimum atomic E-state index is -5.10. The zero-order valence-electron chi connectivity index (χ0n) is 8.44. The summed E-state index contributed by atoms with van der Waals surface area (Å²) in [5, 5.41) is 0. The Labute approximate surface area is 128 Å². The van der Waals surface area contributed by atoms with Gasteiger partial charge in [0.2, 0.25) is 0 Å². The van der Waals surface area contributed by atoms with Gasteiger partial charge in [0.1, 0.15) is 0 Å². The van der Waals surface area contributed by atoms with E-state index >= 15 is 0 Å². The Balaban J connectivity index is 0.00000196. The second-order valence-corrected chi connectivity index (χ2v) is 2.70. The van der Waals surface area contributed by atoms with E-state index in [0.29, 0.717) is 12.1 Å². The molecule has 0 saturated carbocycles. The summed E-state index contributed by atoms with van der Waals surface area (Å²) in [6.07, 6.45) is 0. The molecule has 0 radical (unpaired) electrons. The summed E-state index contributed by atoms with van der Waals surface area (Å²) in [5.41, 5.74) is -0.852. The van der Waals surface area contributed by atoms with Gasteiger partial charge in [0.05, 0.1) is 6.61 Å². The first-order valence-electron chi connectivity index (χ1n) is 4.07. The molecule has 0 atom stereocenters. The first-order chi connectivity index (χ1) is 6.45. The van der Waals surface area contributed by atoms with E-state index in [-0.39, 0.29) is 63.7 Å². The summed E-state index contributed by atoms with van der Waals surface area (Å²) in [5.74, 6) is -1.14. The normalized spacial score (nSPS) is 10.7. The van der Waals surface area contributed by atoms with E-state index in [4.69, 9.17) is 4.74 Å². The number of hydrogen-bond acceptors (Lipinski definition) is 1. The van der Waals surface area contributed by atoms with Gasteiger partial charge < -0.3 is 17.7 Å². The Bertz CT molecular complexity index is 329. The smallest absolute Gasteiger partial charge is 0.491 e. The number of ether oxygens (including phenoxy) is 1. The van der Waals surface area contributed by atoms with Crippen LogP contribution in [0, 0.1) is 5.82 Å². The molecule has 1 rings (SSSR count). The third-order valence-corrected chi connectivity index (χ3v) is 1.63. The van der Waals surface area contributed by atoms with Gasteiger partial charge in [0.25, 0.3) is 0 Å². The molecule has 0 amide bonds. The molecule has 1 aromatic carbocycles. The fourth-order valence-corrected chi connectivity index (χ4v) is 0.990. The third kappa shape index (κ3) is 4.44. The van der Waals surface area contributed by atoms with E-state index in [9.17, 15) is 17.3 Å². The molecule has 0 aromatic heterocycles. The average Bonchev–Trinajstić information content (AvgIpc) is 2.07. The fourth-order valence-electron chi connectivity index (χ4n) is 0.990. The first kappa shape index (κ1) is 15.4. The Morgan fingerprint density at radius 2 is 1.87 bits per heavy atom. The van der Waals surface area contributed by atoms with Crippen LogP contribution in [0.15, 0.2) is 18.2 Å². The minimum absolute atomic E-state index is 0. The van der Waals surface area contributed by atoms with Gasteiger partial charge in [0.15, 0.2) is 11.6 Å². The van der Waals surface area contributed by atoms with Crippen LogP contribution in [0.3, 0.4) is 0 Å². The molecule has 15 heavy (non-hydrogen) atoms. The van der Waals surface area contributed by atoms with Crippen molar-refractivity contribution < 1.29 is 73.5 Å². The molecule has 0 fully saturated rings. The minimum Gasteiger partial charge on any atom is -0.491 e. The number of benzene rings is 1. The van der Waals surface area contributed by atoms with Gasteiger partial charge in [-0.2, -0.15) is 0 Å². The molecular weight excluding hydrogens is 238 g/mol. The van der Waals surface area contributed by atoms with Crippen molar-refractivity contribution in [3.63, 3.8) is 0 Å². The quantitative estimate of drug-likeness (QED) is 0.505. The Morgan fingerprint density at radius 1 is 1.27 bits per heavy atom. The van der Waals surface area contributed by atoms with Gasteiger partial charge in [0, 0.05) is 0 Å². The fraction of sp³-hybridized carbons (Fsp3) is 0.250. The van der Waals surface area contributed by atoms with E-state index < -0.39 is 18.3 Å². The van der Waals surface area contributed by atoms with Crippen molar-refractivity contribution >= 4 is 12.4 Å². The van der Waals surface area contributed by atoms with Crippen LogP contribution in [-0.2, 0) is 0 Å². The van der Waals surface area contributed by atoms with Crippen molar-refractivity contribution in [1.29, 1.82) is 0 Å². The van der Waals surface area contributed by atoms with Gasteiger partial charge >= 0.3 is 58.4 Å². The van der Waals surface area contributed by atoms with Crippen LogP contribution in [0.2, 0.25) is 0 Å². The maximum Gasteiger partial charge on any atom is 1.00 e. The molecule has 0 bridgehead atoms. The summed E-state index contributed by atoms with van der Waals surface area (Å²) in [6, 6.07) is 2.15. The molecular formula is C8H8BF4KO. The summed E-state index contributed by atoms with van der Waals surface area (Å²) in [4.78, 5) is 0. The van der Waals surface area contributed by atoms with Crippen molar-refractivity contribution in [2.24, 2.45) is 0 Å². The van der Waals surface area contributed by atoms with Gasteiger partial charge in [-0.25, -0.2) is 4.39 Å². The number of hydrogen-bond donors (Lipinski definition) is 0. The predicted molar refractivity (Wildman–Crippen MR) is 46.3 cm³/mol. The summed E-state index contributed by atoms with van der Waals surface area (Å²) < 4.78 is 54.2. The predicted octanol–water partition coefficient (Wildman–Crippen LogP) is -0.717. The summed E-state index contributed by atoms with van der Waals surface area (Å²) >= 11 is 0. The van der Waals surface area contributed by atoms with Crippen LogP contribution in [0.25, 0.3) is 0 Å². The van der Waals surface area contributed by atoms with Crippen LogP contribution in [0.5, 0.6) is 5.75 Å². The summed E-state index contributed by atoms with van der Waals surface area (Å²) in [6.45, 7) is -3.39. The molecule has 78 valence electrons. The zero-order chi connectivity index (χ0) is 10.8. The standard InChI is InChI=1S/C8H8BF4O.K/c1-2-14-8-5-6(9(11,12)13)3-4-7(8)10;/h3-5H,2H2,1H3;/q-1;+1. The van der Waals surface area contributed by atoms with Crippen molar-refractivity contribution in [2.45, 2.75) is 6.92 Å². The topological polar surface area (TPSA) is 9.23 Å². The van der Waals surface area contributed by atoms with Gasteiger partial charge in [-0.3, -0.25) is 0 Å². The van der Waals surface area contributed by atoms with Crippen LogP contribution >= 0.6 is 0 Å². The Hall–Kier alpha value is 0.441. The van der Waals surface area contributed by atoms with Crippen molar-refractivity contribution in [1.82, 2.24) is 0 Å². The molecule has 0 aliphatic carbocycles. The van der Waals surface area contributed by atoms with Crippen molar-refractivity contribution in [3.8, 4) is 5.75 Å². The second-order valence-electron chi connectivity index (χ2n) is 2.70.